The number of nitrogens with two attached hydrogens (primary N) is 1. The molecule has 0 aromatic heterocycles. The summed E-state index contributed by atoms with van der Waals surface area (Å²) in [5.74, 6) is -0.101. The Hall–Kier alpha value is -0.680. The lowest BCUT2D eigenvalue weighted by atomic mass is 9.93. The zero-order valence-electron chi connectivity index (χ0n) is 11.5. The van der Waals surface area contributed by atoms with Crippen molar-refractivity contribution in [2.24, 2.45) is 17.6 Å². The molecule has 1 aliphatic rings. The summed E-state index contributed by atoms with van der Waals surface area (Å²) in [4.78, 5) is 14.5. The molecule has 1 aliphatic heterocycles. The van der Waals surface area contributed by atoms with Crippen LogP contribution in [-0.2, 0) is 9.53 Å². The number of thiocarbonyl (C=S) groups is 1. The predicted octanol–water partition coefficient (Wildman–Crippen LogP) is 1.57. The van der Waals surface area contributed by atoms with Gasteiger partial charge in [0.15, 0.2) is 0 Å². The zero-order valence-corrected chi connectivity index (χ0v) is 12.3. The van der Waals surface area contributed by atoms with Crippen LogP contribution in [0.5, 0.6) is 0 Å². The maximum Gasteiger partial charge on any atom is 0.232 e. The molecule has 4 nitrogen and oxygen atoms in total. The first-order valence-corrected chi connectivity index (χ1v) is 7.07. The lowest BCUT2D eigenvalue weighted by Crippen LogP contribution is -2.47. The van der Waals surface area contributed by atoms with Crippen molar-refractivity contribution in [2.45, 2.75) is 39.7 Å². The van der Waals surface area contributed by atoms with Gasteiger partial charge in [0.25, 0.3) is 0 Å². The fourth-order valence-corrected chi connectivity index (χ4v) is 2.78. The van der Waals surface area contributed by atoms with E-state index in [-0.39, 0.29) is 17.7 Å². The number of hydrogen-bond donors (Lipinski definition) is 1. The Labute approximate surface area is 115 Å². The molecule has 0 aromatic carbocycles. The molecule has 0 radical (unpaired) electrons. The van der Waals surface area contributed by atoms with Gasteiger partial charge in [0.1, 0.15) is 0 Å². The van der Waals surface area contributed by atoms with Crippen LogP contribution in [0.1, 0.15) is 33.6 Å². The van der Waals surface area contributed by atoms with Crippen LogP contribution in [0, 0.1) is 11.8 Å². The molecular formula is C13H24N2O2S. The summed E-state index contributed by atoms with van der Waals surface area (Å²) in [5, 5.41) is 0. The summed E-state index contributed by atoms with van der Waals surface area (Å²) < 4.78 is 5.58. The summed E-state index contributed by atoms with van der Waals surface area (Å²) in [6.45, 7) is 8.19. The van der Waals surface area contributed by atoms with Crippen molar-refractivity contribution >= 4 is 23.1 Å². The molecular weight excluding hydrogens is 248 g/mol. The number of rotatable bonds is 5. The number of carbonyl (C=O) groups is 1. The van der Waals surface area contributed by atoms with Gasteiger partial charge in [-0.2, -0.15) is 0 Å². The lowest BCUT2D eigenvalue weighted by Gasteiger charge is -2.34. The number of ether oxygens (including phenoxy) is 1. The molecule has 104 valence electrons. The fourth-order valence-electron chi connectivity index (χ4n) is 2.41. The molecule has 0 spiro atoms. The quantitative estimate of drug-likeness (QED) is 0.772. The molecule has 0 saturated carbocycles. The van der Waals surface area contributed by atoms with Crippen LogP contribution in [-0.4, -0.2) is 41.6 Å². The third-order valence-electron chi connectivity index (χ3n) is 3.40. The molecule has 18 heavy (non-hydrogen) atoms. The second-order valence-corrected chi connectivity index (χ2v) is 5.58. The predicted molar refractivity (Wildman–Crippen MR) is 76.3 cm³/mol. The molecule has 1 rings (SSSR count). The fraction of sp³-hybridized carbons (Fsp3) is 0.846. The Kier molecular flexibility index (Phi) is 6.02. The van der Waals surface area contributed by atoms with Gasteiger partial charge < -0.3 is 15.4 Å². The van der Waals surface area contributed by atoms with Crippen molar-refractivity contribution in [2.75, 3.05) is 19.7 Å². The van der Waals surface area contributed by atoms with Crippen molar-refractivity contribution in [3.8, 4) is 0 Å². The average Bonchev–Trinajstić information content (AvgIpc) is 2.29. The molecule has 0 aliphatic carbocycles. The van der Waals surface area contributed by atoms with E-state index in [2.05, 4.69) is 0 Å². The van der Waals surface area contributed by atoms with Crippen molar-refractivity contribution < 1.29 is 9.53 Å². The van der Waals surface area contributed by atoms with E-state index >= 15 is 0 Å². The first-order valence-electron chi connectivity index (χ1n) is 6.67. The van der Waals surface area contributed by atoms with E-state index in [4.69, 9.17) is 22.7 Å². The van der Waals surface area contributed by atoms with Gasteiger partial charge in [0, 0.05) is 19.7 Å². The maximum atomic E-state index is 12.4. The van der Waals surface area contributed by atoms with E-state index < -0.39 is 0 Å². The molecule has 1 fully saturated rings. The molecule has 2 N–H and O–H groups in total. The van der Waals surface area contributed by atoms with E-state index in [1.165, 1.54) is 0 Å². The van der Waals surface area contributed by atoms with Crippen LogP contribution >= 0.6 is 12.2 Å². The van der Waals surface area contributed by atoms with Crippen LogP contribution < -0.4 is 5.73 Å². The number of carbonyl (C=O) groups excluding carboxylic acids is 1. The number of piperidine rings is 1. The number of likely N-dealkylation sites (tertiary alicyclic amines) is 1. The highest BCUT2D eigenvalue weighted by Crippen LogP contribution is 2.20. The van der Waals surface area contributed by atoms with Gasteiger partial charge in [-0.25, -0.2) is 0 Å². The van der Waals surface area contributed by atoms with E-state index in [0.717, 1.165) is 32.5 Å². The Morgan fingerprint density at radius 1 is 1.44 bits per heavy atom. The van der Waals surface area contributed by atoms with Gasteiger partial charge in [-0.15, -0.1) is 0 Å². The van der Waals surface area contributed by atoms with Gasteiger partial charge in [0.05, 0.1) is 17.0 Å². The molecule has 0 aromatic rings. The number of hydrogen-bond acceptors (Lipinski definition) is 3. The van der Waals surface area contributed by atoms with Gasteiger partial charge in [-0.1, -0.05) is 26.1 Å². The summed E-state index contributed by atoms with van der Waals surface area (Å²) >= 11 is 5.01. The van der Waals surface area contributed by atoms with Crippen LogP contribution in [0.2, 0.25) is 0 Å². The molecule has 1 heterocycles. The minimum absolute atomic E-state index is 0.0763. The van der Waals surface area contributed by atoms with E-state index in [1.807, 2.05) is 25.7 Å². The van der Waals surface area contributed by atoms with Crippen LogP contribution in [0.15, 0.2) is 0 Å². The Morgan fingerprint density at radius 3 is 2.39 bits per heavy atom. The van der Waals surface area contributed by atoms with Gasteiger partial charge >= 0.3 is 0 Å². The zero-order chi connectivity index (χ0) is 13.7. The molecule has 1 amide bonds. The van der Waals surface area contributed by atoms with Crippen molar-refractivity contribution in [1.82, 2.24) is 4.90 Å². The normalized spacial score (nSPS) is 19.0. The highest BCUT2D eigenvalue weighted by Gasteiger charge is 2.31. The smallest absolute Gasteiger partial charge is 0.232 e. The molecule has 1 atom stereocenters. The average molecular weight is 272 g/mol. The highest BCUT2D eigenvalue weighted by molar-refractivity contribution is 7.80. The maximum absolute atomic E-state index is 12.4. The summed E-state index contributed by atoms with van der Waals surface area (Å²) in [6, 6.07) is 0. The van der Waals surface area contributed by atoms with E-state index in [9.17, 15) is 4.79 Å². The van der Waals surface area contributed by atoms with Gasteiger partial charge in [-0.3, -0.25) is 4.79 Å². The second-order valence-electron chi connectivity index (χ2n) is 5.10. The first kappa shape index (κ1) is 15.4. The largest absolute Gasteiger partial charge is 0.393 e. The summed E-state index contributed by atoms with van der Waals surface area (Å²) in [7, 11) is 0. The molecule has 5 heteroatoms. The third-order valence-corrected chi connectivity index (χ3v) is 3.65. The Bertz CT molecular complexity index is 299. The Morgan fingerprint density at radius 2 is 2.00 bits per heavy atom. The van der Waals surface area contributed by atoms with Gasteiger partial charge in [-0.05, 0) is 25.7 Å². The lowest BCUT2D eigenvalue weighted by molar-refractivity contribution is -0.137. The first-order chi connectivity index (χ1) is 8.47. The molecule has 1 saturated heterocycles. The van der Waals surface area contributed by atoms with E-state index in [0.29, 0.717) is 11.1 Å². The van der Waals surface area contributed by atoms with Gasteiger partial charge in [0.2, 0.25) is 5.91 Å². The monoisotopic (exact) mass is 272 g/mol. The molecule has 1 unspecified atom stereocenters. The SMILES string of the molecule is CCOC1CCN(C(=O)C(C(N)=S)C(C)C)CC1. The van der Waals surface area contributed by atoms with Crippen LogP contribution in [0.3, 0.4) is 0 Å². The van der Waals surface area contributed by atoms with Crippen LogP contribution in [0.4, 0.5) is 0 Å². The second kappa shape index (κ2) is 7.04. The highest BCUT2D eigenvalue weighted by atomic mass is 32.1. The molecule has 0 bridgehead atoms. The van der Waals surface area contributed by atoms with Crippen LogP contribution in [0.25, 0.3) is 0 Å². The minimum atomic E-state index is -0.330. The van der Waals surface area contributed by atoms with Crippen molar-refractivity contribution in [1.29, 1.82) is 0 Å². The van der Waals surface area contributed by atoms with Crippen molar-refractivity contribution in [3.05, 3.63) is 0 Å². The topological polar surface area (TPSA) is 55.6 Å². The Balaban J connectivity index is 2.55. The third kappa shape index (κ3) is 3.92. The van der Waals surface area contributed by atoms with Crippen molar-refractivity contribution in [3.63, 3.8) is 0 Å². The minimum Gasteiger partial charge on any atom is -0.393 e. The number of nitrogens with zero attached hydrogens (tertiary/aromatic N) is 1. The van der Waals surface area contributed by atoms with E-state index in [1.54, 1.807) is 0 Å². The summed E-state index contributed by atoms with van der Waals surface area (Å²) in [6.07, 6.45) is 2.10. The standard InChI is InChI=1S/C13H24N2O2S/c1-4-17-10-5-7-15(8-6-10)13(16)11(9(2)3)12(14)18/h9-11H,4-8H2,1-3H3,(H2,14,18). The number of amides is 1. The summed E-state index contributed by atoms with van der Waals surface area (Å²) in [5.41, 5.74) is 5.68.